The highest BCUT2D eigenvalue weighted by molar-refractivity contribution is 7.11. The van der Waals surface area contributed by atoms with Crippen molar-refractivity contribution < 1.29 is 18.7 Å². The Morgan fingerprint density at radius 1 is 1.50 bits per heavy atom. The number of nitrogens with two attached hydrogens (primary N) is 1. The Labute approximate surface area is 93.6 Å². The maximum absolute atomic E-state index is 10.9. The molecule has 0 aliphatic heterocycles. The molecule has 1 amide bonds. The summed E-state index contributed by atoms with van der Waals surface area (Å²) in [6.07, 6.45) is 1.50. The summed E-state index contributed by atoms with van der Waals surface area (Å²) in [5, 5.41) is 1.69. The van der Waals surface area contributed by atoms with E-state index in [1.165, 1.54) is 6.26 Å². The van der Waals surface area contributed by atoms with Gasteiger partial charge in [-0.3, -0.25) is 4.79 Å². The van der Waals surface area contributed by atoms with Crippen molar-refractivity contribution >= 4 is 23.2 Å². The summed E-state index contributed by atoms with van der Waals surface area (Å²) in [6, 6.07) is 3.43. The van der Waals surface area contributed by atoms with Crippen LogP contribution in [-0.2, 0) is 9.59 Å². The molecular weight excluding hydrogens is 232 g/mol. The van der Waals surface area contributed by atoms with Crippen molar-refractivity contribution in [1.82, 2.24) is 4.98 Å². The van der Waals surface area contributed by atoms with E-state index < -0.39 is 11.9 Å². The van der Waals surface area contributed by atoms with Crippen LogP contribution in [0.25, 0.3) is 11.5 Å². The van der Waals surface area contributed by atoms with Gasteiger partial charge in [-0.15, -0.1) is 0 Å². The third-order valence-electron chi connectivity index (χ3n) is 1.64. The van der Waals surface area contributed by atoms with E-state index >= 15 is 0 Å². The second-order valence-corrected chi connectivity index (χ2v) is 3.55. The summed E-state index contributed by atoms with van der Waals surface area (Å²) in [5.41, 5.74) is 5.26. The lowest BCUT2D eigenvalue weighted by molar-refractivity contribution is -0.146. The molecule has 0 aliphatic carbocycles. The van der Waals surface area contributed by atoms with Crippen molar-refractivity contribution in [2.24, 2.45) is 5.73 Å². The zero-order valence-corrected chi connectivity index (χ0v) is 8.69. The van der Waals surface area contributed by atoms with Gasteiger partial charge in [-0.2, -0.15) is 4.98 Å². The number of amides is 1. The first-order valence-electron chi connectivity index (χ1n) is 4.18. The summed E-state index contributed by atoms with van der Waals surface area (Å²) in [4.78, 5) is 25.2. The van der Waals surface area contributed by atoms with Crippen LogP contribution in [0.5, 0.6) is 5.19 Å². The van der Waals surface area contributed by atoms with Crippen LogP contribution in [0.1, 0.15) is 0 Å². The van der Waals surface area contributed by atoms with Gasteiger partial charge in [-0.25, -0.2) is 4.79 Å². The van der Waals surface area contributed by atoms with E-state index in [4.69, 9.17) is 10.2 Å². The molecule has 7 heteroatoms. The molecule has 0 saturated heterocycles. The zero-order chi connectivity index (χ0) is 11.5. The molecule has 0 aliphatic rings. The molecule has 0 unspecified atom stereocenters. The summed E-state index contributed by atoms with van der Waals surface area (Å²) in [5.74, 6) is -1.74. The quantitative estimate of drug-likeness (QED) is 0.616. The van der Waals surface area contributed by atoms with Gasteiger partial charge >= 0.3 is 11.9 Å². The Hall–Kier alpha value is -2.15. The number of primary amides is 1. The van der Waals surface area contributed by atoms with E-state index in [9.17, 15) is 9.59 Å². The number of carbonyl (C=O) groups is 2. The first-order chi connectivity index (χ1) is 7.66. The molecule has 0 radical (unpaired) electrons. The highest BCUT2D eigenvalue weighted by atomic mass is 32.1. The molecule has 82 valence electrons. The molecule has 2 N–H and O–H groups in total. The van der Waals surface area contributed by atoms with Crippen molar-refractivity contribution in [1.29, 1.82) is 0 Å². The lowest BCUT2D eigenvalue weighted by atomic mass is 10.4. The molecule has 0 atom stereocenters. The first kappa shape index (κ1) is 10.4. The fraction of sp³-hybridized carbons (Fsp3) is 0. The average Bonchev–Trinajstić information content (AvgIpc) is 2.85. The normalized spacial score (nSPS) is 10.0. The number of carbonyl (C=O) groups excluding carboxylic acids is 2. The second-order valence-electron chi connectivity index (χ2n) is 2.73. The number of hydrogen-bond acceptors (Lipinski definition) is 6. The molecule has 0 fully saturated rings. The first-order valence-corrected chi connectivity index (χ1v) is 5.06. The standard InChI is InChI=1S/C9H6N2O4S/c10-7(12)8(13)15-9-11-5(4-16-9)6-2-1-3-14-6/h1-4H,(H2,10,12). The van der Waals surface area contributed by atoms with E-state index in [2.05, 4.69) is 9.72 Å². The molecule has 6 nitrogen and oxygen atoms in total. The van der Waals surface area contributed by atoms with Crippen LogP contribution >= 0.6 is 11.3 Å². The van der Waals surface area contributed by atoms with Gasteiger partial charge in [0.05, 0.1) is 6.26 Å². The van der Waals surface area contributed by atoms with Crippen LogP contribution in [0.15, 0.2) is 28.2 Å². The van der Waals surface area contributed by atoms with Crippen LogP contribution < -0.4 is 10.5 Å². The van der Waals surface area contributed by atoms with E-state index in [1.54, 1.807) is 17.5 Å². The predicted octanol–water partition coefficient (Wildman–Crippen LogP) is 0.794. The minimum absolute atomic E-state index is 0.0511. The van der Waals surface area contributed by atoms with E-state index in [-0.39, 0.29) is 5.19 Å². The summed E-state index contributed by atoms with van der Waals surface area (Å²) < 4.78 is 9.70. The SMILES string of the molecule is NC(=O)C(=O)Oc1nc(-c2ccco2)cs1. The third kappa shape index (κ3) is 2.09. The maximum Gasteiger partial charge on any atom is 0.403 e. The van der Waals surface area contributed by atoms with Crippen LogP contribution in [-0.4, -0.2) is 16.9 Å². The fourth-order valence-corrected chi connectivity index (χ4v) is 1.63. The van der Waals surface area contributed by atoms with E-state index in [1.807, 2.05) is 0 Å². The zero-order valence-electron chi connectivity index (χ0n) is 7.88. The topological polar surface area (TPSA) is 95.4 Å². The van der Waals surface area contributed by atoms with Crippen molar-refractivity contribution in [3.05, 3.63) is 23.8 Å². The van der Waals surface area contributed by atoms with Crippen LogP contribution in [0, 0.1) is 0 Å². The van der Waals surface area contributed by atoms with Gasteiger partial charge in [0.15, 0.2) is 5.76 Å². The number of hydrogen-bond donors (Lipinski definition) is 1. The second kappa shape index (κ2) is 4.15. The average molecular weight is 238 g/mol. The molecule has 16 heavy (non-hydrogen) atoms. The van der Waals surface area contributed by atoms with Gasteiger partial charge in [0.1, 0.15) is 5.69 Å². The largest absolute Gasteiger partial charge is 0.463 e. The fourth-order valence-electron chi connectivity index (χ4n) is 0.971. The van der Waals surface area contributed by atoms with Gasteiger partial charge < -0.3 is 14.9 Å². The summed E-state index contributed by atoms with van der Waals surface area (Å²) in [7, 11) is 0. The van der Waals surface area contributed by atoms with Crippen molar-refractivity contribution in [2.45, 2.75) is 0 Å². The number of ether oxygens (including phenoxy) is 1. The Balaban J connectivity index is 2.14. The molecule has 2 aromatic rings. The Bertz CT molecular complexity index is 517. The van der Waals surface area contributed by atoms with E-state index in [0.29, 0.717) is 11.5 Å². The number of furan rings is 1. The smallest absolute Gasteiger partial charge is 0.403 e. The summed E-state index contributed by atoms with van der Waals surface area (Å²) >= 11 is 1.07. The summed E-state index contributed by atoms with van der Waals surface area (Å²) in [6.45, 7) is 0. The van der Waals surface area contributed by atoms with Crippen LogP contribution in [0.3, 0.4) is 0 Å². The Kier molecular flexibility index (Phi) is 2.69. The molecular formula is C9H6N2O4S. The predicted molar refractivity (Wildman–Crippen MR) is 54.6 cm³/mol. The number of aromatic nitrogens is 1. The van der Waals surface area contributed by atoms with Crippen LogP contribution in [0.2, 0.25) is 0 Å². The maximum atomic E-state index is 10.9. The molecule has 2 rings (SSSR count). The van der Waals surface area contributed by atoms with Gasteiger partial charge in [0, 0.05) is 5.38 Å². The lowest BCUT2D eigenvalue weighted by Gasteiger charge is -1.94. The number of thiazole rings is 1. The van der Waals surface area contributed by atoms with Gasteiger partial charge in [-0.1, -0.05) is 11.3 Å². The molecule has 2 aromatic heterocycles. The number of nitrogens with zero attached hydrogens (tertiary/aromatic N) is 1. The number of esters is 1. The van der Waals surface area contributed by atoms with Gasteiger partial charge in [0.2, 0.25) is 0 Å². The van der Waals surface area contributed by atoms with Crippen molar-refractivity contribution in [2.75, 3.05) is 0 Å². The van der Waals surface area contributed by atoms with Crippen molar-refractivity contribution in [3.8, 4) is 16.6 Å². The molecule has 0 bridgehead atoms. The monoisotopic (exact) mass is 238 g/mol. The highest BCUT2D eigenvalue weighted by Crippen LogP contribution is 2.26. The molecule has 2 heterocycles. The van der Waals surface area contributed by atoms with Crippen molar-refractivity contribution in [3.63, 3.8) is 0 Å². The number of rotatable bonds is 2. The minimum Gasteiger partial charge on any atom is -0.463 e. The molecule has 0 aromatic carbocycles. The lowest BCUT2D eigenvalue weighted by Crippen LogP contribution is -2.27. The highest BCUT2D eigenvalue weighted by Gasteiger charge is 2.15. The van der Waals surface area contributed by atoms with Crippen LogP contribution in [0.4, 0.5) is 0 Å². The van der Waals surface area contributed by atoms with Gasteiger partial charge in [0.25, 0.3) is 5.19 Å². The minimum atomic E-state index is -1.16. The van der Waals surface area contributed by atoms with Gasteiger partial charge in [-0.05, 0) is 12.1 Å². The Morgan fingerprint density at radius 3 is 2.94 bits per heavy atom. The van der Waals surface area contributed by atoms with E-state index in [0.717, 1.165) is 11.3 Å². The molecule has 0 saturated carbocycles. The molecule has 0 spiro atoms. The Morgan fingerprint density at radius 2 is 2.31 bits per heavy atom. The third-order valence-corrected chi connectivity index (χ3v) is 2.36.